The fourth-order valence-corrected chi connectivity index (χ4v) is 26.4. The fourth-order valence-electron chi connectivity index (χ4n) is 26.4. The highest BCUT2D eigenvalue weighted by Crippen LogP contribution is 2.86. The molecule has 0 aliphatic heterocycles. The molecule has 20 aliphatic carbocycles. The first-order chi connectivity index (χ1) is 24.4. The van der Waals surface area contributed by atoms with Crippen molar-refractivity contribution in [2.45, 2.75) is 173 Å². The van der Waals surface area contributed by atoms with Gasteiger partial charge in [-0.3, -0.25) is 0 Å². The maximum atomic E-state index is 1.77. The molecule has 0 heteroatoms. The molecule has 0 saturated heterocycles. The van der Waals surface area contributed by atoms with Crippen LogP contribution in [0.2, 0.25) is 0 Å². The molecule has 20 bridgehead atoms. The second-order valence-corrected chi connectivity index (χ2v) is 26.4. The predicted molar refractivity (Wildman–Crippen MR) is 200 cm³/mol. The summed E-state index contributed by atoms with van der Waals surface area (Å²) < 4.78 is 0. The quantitative estimate of drug-likeness (QED) is 0.279. The molecule has 0 nitrogen and oxygen atoms in total. The lowest BCUT2D eigenvalue weighted by Gasteiger charge is -2.81. The molecule has 0 amide bonds. The zero-order valence-electron chi connectivity index (χ0n) is 32.0. The van der Waals surface area contributed by atoms with E-state index in [2.05, 4.69) is 0 Å². The van der Waals surface area contributed by atoms with E-state index in [0.717, 1.165) is 116 Å². The van der Waals surface area contributed by atoms with Crippen LogP contribution in [0.15, 0.2) is 0 Å². The van der Waals surface area contributed by atoms with Gasteiger partial charge in [-0.2, -0.15) is 0 Å². The summed E-state index contributed by atoms with van der Waals surface area (Å²) >= 11 is 0. The van der Waals surface area contributed by atoms with Gasteiger partial charge in [0.15, 0.2) is 0 Å². The van der Waals surface area contributed by atoms with E-state index in [-0.39, 0.29) is 0 Å². The van der Waals surface area contributed by atoms with Crippen molar-refractivity contribution in [3.05, 3.63) is 0 Å². The molecule has 0 spiro atoms. The number of hydrogen-bond acceptors (Lipinski definition) is 0. The Morgan fingerprint density at radius 1 is 0.240 bits per heavy atom. The van der Waals surface area contributed by atoms with Crippen LogP contribution in [0.1, 0.15) is 173 Å². The highest BCUT2D eigenvalue weighted by Gasteiger charge is 2.78. The van der Waals surface area contributed by atoms with Gasteiger partial charge in [0.2, 0.25) is 0 Å². The molecule has 20 aliphatic rings. The summed E-state index contributed by atoms with van der Waals surface area (Å²) in [5, 5.41) is 0. The lowest BCUT2D eigenvalue weighted by Crippen LogP contribution is -2.74. The first-order valence-electron chi connectivity index (χ1n) is 24.4. The van der Waals surface area contributed by atoms with Crippen LogP contribution in [0, 0.1) is 134 Å². The number of rotatable bonds is 4. The van der Waals surface area contributed by atoms with Crippen LogP contribution < -0.4 is 0 Å². The molecule has 0 aromatic carbocycles. The summed E-state index contributed by atoms with van der Waals surface area (Å²) in [6.45, 7) is 0. The monoisotopic (exact) mass is 673 g/mol. The number of hydrogen-bond donors (Lipinski definition) is 0. The van der Waals surface area contributed by atoms with E-state index in [1.54, 1.807) is 173 Å². The summed E-state index contributed by atoms with van der Waals surface area (Å²) in [5.74, 6) is 20.7. The fraction of sp³-hybridized carbons (Fsp3) is 1.00. The van der Waals surface area contributed by atoms with Gasteiger partial charge >= 0.3 is 0 Å². The zero-order valence-corrected chi connectivity index (χ0v) is 32.0. The van der Waals surface area contributed by atoms with E-state index < -0.39 is 0 Å². The molecule has 0 aromatic heterocycles. The lowest BCUT2D eigenvalue weighted by atomic mass is 9.23. The van der Waals surface area contributed by atoms with Crippen LogP contribution in [-0.4, -0.2) is 0 Å². The van der Waals surface area contributed by atoms with Gasteiger partial charge in [-0.25, -0.2) is 0 Å². The minimum Gasteiger partial charge on any atom is -0.0475 e. The van der Waals surface area contributed by atoms with E-state index in [0.29, 0.717) is 0 Å². The Morgan fingerprint density at radius 3 is 0.960 bits per heavy atom. The Kier molecular flexibility index (Phi) is 5.37. The third kappa shape index (κ3) is 3.38. The predicted octanol–water partition coefficient (Wildman–Crippen LogP) is 12.7. The maximum Gasteiger partial charge on any atom is -0.0199 e. The Labute approximate surface area is 306 Å². The summed E-state index contributed by atoms with van der Waals surface area (Å²) in [7, 11) is 0. The summed E-state index contributed by atoms with van der Waals surface area (Å²) in [6.07, 6.45) is 46.2. The van der Waals surface area contributed by atoms with E-state index in [4.69, 9.17) is 0 Å². The Bertz CT molecular complexity index is 1380. The van der Waals surface area contributed by atoms with E-state index in [9.17, 15) is 0 Å². The van der Waals surface area contributed by atoms with Gasteiger partial charge in [0, 0.05) is 0 Å². The topological polar surface area (TPSA) is 0 Å². The molecule has 20 saturated carbocycles. The summed E-state index contributed by atoms with van der Waals surface area (Å²) in [5.41, 5.74) is 3.90. The van der Waals surface area contributed by atoms with Gasteiger partial charge in [0.1, 0.15) is 0 Å². The summed E-state index contributed by atoms with van der Waals surface area (Å²) in [4.78, 5) is 0. The first-order valence-corrected chi connectivity index (χ1v) is 24.4. The molecule has 272 valence electrons. The van der Waals surface area contributed by atoms with Crippen LogP contribution in [0.3, 0.4) is 0 Å². The first kappa shape index (κ1) is 29.3. The lowest BCUT2D eigenvalue weighted by molar-refractivity contribution is -0.326. The second-order valence-electron chi connectivity index (χ2n) is 26.4. The van der Waals surface area contributed by atoms with E-state index in [1.807, 2.05) is 0 Å². The van der Waals surface area contributed by atoms with Crippen molar-refractivity contribution in [2.24, 2.45) is 134 Å². The standard InChI is InChI=1S/C50H72/c1-28-2-30-3-29(1)17-46(16-28,18-30)43-40-10-34-7-35(11-40)23-48(43,22-34)44-41-12-36-8-37(13-41)25-49(44,24-36)45-42-14-38-9-39(15-42)27-50(45,26-38)47-19-31-4-32(20-47)6-33(5-31)21-47/h28-45H,1-27H2. The molecule has 9 unspecified atom stereocenters. The van der Waals surface area contributed by atoms with Gasteiger partial charge in [-0.1, -0.05) is 0 Å². The molecular formula is C50H72. The average Bonchev–Trinajstić information content (AvgIpc) is 3.01. The van der Waals surface area contributed by atoms with Gasteiger partial charge in [0.05, 0.1) is 0 Å². The molecule has 9 atom stereocenters. The van der Waals surface area contributed by atoms with E-state index in [1.165, 1.54) is 17.8 Å². The highest BCUT2D eigenvalue weighted by molar-refractivity contribution is 5.27. The van der Waals surface area contributed by atoms with Crippen molar-refractivity contribution in [1.29, 1.82) is 0 Å². The van der Waals surface area contributed by atoms with Crippen molar-refractivity contribution in [3.63, 3.8) is 0 Å². The summed E-state index contributed by atoms with van der Waals surface area (Å²) in [6, 6.07) is 0. The van der Waals surface area contributed by atoms with Gasteiger partial charge in [-0.15, -0.1) is 0 Å². The SMILES string of the molecule is C1C2CC3CC1CC(C1C4CC5CC(C4)CC1(C1C4CC6CC(C4)CC1(C1C4CC7CC(C4)CC1(C14CC8CC(CC(C8)C1)C4)C7)C6)C5)(C2)C3. The van der Waals surface area contributed by atoms with Gasteiger partial charge < -0.3 is 0 Å². The van der Waals surface area contributed by atoms with Crippen molar-refractivity contribution in [1.82, 2.24) is 0 Å². The Balaban J connectivity index is 0.937. The van der Waals surface area contributed by atoms with Crippen LogP contribution >= 0.6 is 0 Å². The molecule has 0 N–H and O–H groups in total. The third-order valence-electron chi connectivity index (χ3n) is 24.1. The largest absolute Gasteiger partial charge is 0.0475 e. The van der Waals surface area contributed by atoms with Crippen LogP contribution in [0.5, 0.6) is 0 Å². The normalized spacial score (nSPS) is 71.0. The minimum absolute atomic E-state index is 0.766. The highest BCUT2D eigenvalue weighted by atomic mass is 14.8. The molecule has 0 aromatic rings. The Morgan fingerprint density at radius 2 is 0.540 bits per heavy atom. The van der Waals surface area contributed by atoms with Gasteiger partial charge in [0.25, 0.3) is 0 Å². The molecule has 20 fully saturated rings. The Hall–Kier alpha value is 0. The zero-order chi connectivity index (χ0) is 32.0. The molecule has 0 heterocycles. The average molecular weight is 673 g/mol. The van der Waals surface area contributed by atoms with Crippen molar-refractivity contribution in [3.8, 4) is 0 Å². The van der Waals surface area contributed by atoms with Crippen LogP contribution in [0.25, 0.3) is 0 Å². The van der Waals surface area contributed by atoms with Gasteiger partial charge in [-0.05, 0) is 307 Å². The van der Waals surface area contributed by atoms with Crippen LogP contribution in [0.4, 0.5) is 0 Å². The molecule has 20 rings (SSSR count). The molecule has 0 radical (unpaired) electrons. The smallest absolute Gasteiger partial charge is 0.0199 e. The minimum atomic E-state index is 0.766. The maximum absolute atomic E-state index is 1.77. The molecular weight excluding hydrogens is 601 g/mol. The van der Waals surface area contributed by atoms with Crippen molar-refractivity contribution in [2.75, 3.05) is 0 Å². The van der Waals surface area contributed by atoms with Crippen LogP contribution in [-0.2, 0) is 0 Å². The van der Waals surface area contributed by atoms with E-state index >= 15 is 0 Å². The molecule has 50 heavy (non-hydrogen) atoms. The van der Waals surface area contributed by atoms with Crippen molar-refractivity contribution >= 4 is 0 Å². The van der Waals surface area contributed by atoms with Crippen molar-refractivity contribution < 1.29 is 0 Å². The second kappa shape index (κ2) is 9.16. The third-order valence-corrected chi connectivity index (χ3v) is 24.1.